The van der Waals surface area contributed by atoms with Gasteiger partial charge in [-0.3, -0.25) is 4.57 Å². The lowest BCUT2D eigenvalue weighted by atomic mass is 10.1. The average molecular weight is 298 g/mol. The van der Waals surface area contributed by atoms with Gasteiger partial charge in [-0.15, -0.1) is 0 Å². The van der Waals surface area contributed by atoms with Crippen LogP contribution in [-0.4, -0.2) is 11.5 Å². The van der Waals surface area contributed by atoms with Gasteiger partial charge in [0.15, 0.2) is 0 Å². The Hall–Kier alpha value is -0.630. The lowest BCUT2D eigenvalue weighted by Gasteiger charge is -2.12. The van der Waals surface area contributed by atoms with Crippen LogP contribution in [0.25, 0.3) is 0 Å². The molecule has 0 aromatic heterocycles. The molecule has 0 saturated heterocycles. The second kappa shape index (κ2) is 10.1. The van der Waals surface area contributed by atoms with Crippen molar-refractivity contribution in [2.45, 2.75) is 58.0 Å². The molecule has 0 aliphatic heterocycles. The number of hydrogen-bond acceptors (Lipinski definition) is 2. The average Bonchev–Trinajstić information content (AvgIpc) is 2.42. The van der Waals surface area contributed by atoms with Gasteiger partial charge in [0, 0.05) is 0 Å². The second-order valence-electron chi connectivity index (χ2n) is 5.24. The summed E-state index contributed by atoms with van der Waals surface area (Å²) in [5.41, 5.74) is 0.845. The molecule has 114 valence electrons. The summed E-state index contributed by atoms with van der Waals surface area (Å²) in [7, 11) is -3.48. The van der Waals surface area contributed by atoms with Gasteiger partial charge in [0.25, 0.3) is 0 Å². The van der Waals surface area contributed by atoms with E-state index in [9.17, 15) is 9.46 Å². The van der Waals surface area contributed by atoms with Crippen molar-refractivity contribution in [3.05, 3.63) is 35.9 Å². The number of rotatable bonds is 11. The van der Waals surface area contributed by atoms with Crippen LogP contribution < -0.4 is 0 Å². The molecule has 0 heterocycles. The first kappa shape index (κ1) is 17.4. The van der Waals surface area contributed by atoms with E-state index in [2.05, 4.69) is 6.92 Å². The third-order valence-electron chi connectivity index (χ3n) is 3.27. The van der Waals surface area contributed by atoms with Gasteiger partial charge in [-0.1, -0.05) is 75.8 Å². The maximum atomic E-state index is 11.9. The Kier molecular flexibility index (Phi) is 8.84. The van der Waals surface area contributed by atoms with E-state index < -0.39 is 7.60 Å². The Morgan fingerprint density at radius 1 is 1.00 bits per heavy atom. The first-order valence-corrected chi connectivity index (χ1v) is 9.40. The molecular weight excluding hydrogens is 271 g/mol. The zero-order valence-corrected chi connectivity index (χ0v) is 13.4. The Morgan fingerprint density at radius 3 is 2.25 bits per heavy atom. The molecule has 0 aliphatic rings. The van der Waals surface area contributed by atoms with Gasteiger partial charge in [0.05, 0.1) is 12.8 Å². The molecule has 1 N–H and O–H groups in total. The molecule has 0 bridgehead atoms. The van der Waals surface area contributed by atoms with Crippen molar-refractivity contribution in [3.8, 4) is 0 Å². The largest absolute Gasteiger partial charge is 0.332 e. The molecule has 0 amide bonds. The highest BCUT2D eigenvalue weighted by atomic mass is 31.2. The maximum absolute atomic E-state index is 11.9. The van der Waals surface area contributed by atoms with E-state index in [4.69, 9.17) is 4.52 Å². The molecular formula is C16H27O3P. The predicted octanol–water partition coefficient (Wildman–Crippen LogP) is 5.14. The van der Waals surface area contributed by atoms with Crippen LogP contribution in [0.4, 0.5) is 0 Å². The zero-order valence-electron chi connectivity index (χ0n) is 12.5. The number of hydrogen-bond donors (Lipinski definition) is 1. The fraction of sp³-hybridized carbons (Fsp3) is 0.625. The van der Waals surface area contributed by atoms with Crippen LogP contribution in [0.3, 0.4) is 0 Å². The van der Waals surface area contributed by atoms with E-state index in [1.807, 2.05) is 30.3 Å². The summed E-state index contributed by atoms with van der Waals surface area (Å²) >= 11 is 0. The third kappa shape index (κ3) is 8.52. The third-order valence-corrected chi connectivity index (χ3v) is 4.62. The minimum Gasteiger partial charge on any atom is -0.324 e. The van der Waals surface area contributed by atoms with Gasteiger partial charge < -0.3 is 9.42 Å². The van der Waals surface area contributed by atoms with Crippen molar-refractivity contribution >= 4 is 7.60 Å². The molecule has 20 heavy (non-hydrogen) atoms. The van der Waals surface area contributed by atoms with Crippen molar-refractivity contribution in [2.24, 2.45) is 0 Å². The standard InChI is InChI=1S/C16H27O3P/c1-2-3-4-5-6-7-11-14-19-20(17,18)15-16-12-9-8-10-13-16/h8-10,12-13H,2-7,11,14-15H2,1H3,(H,17,18). The van der Waals surface area contributed by atoms with Gasteiger partial charge in [-0.05, 0) is 12.0 Å². The van der Waals surface area contributed by atoms with Crippen LogP contribution in [-0.2, 0) is 15.3 Å². The Labute approximate surface area is 122 Å². The normalized spacial score (nSPS) is 14.1. The summed E-state index contributed by atoms with van der Waals surface area (Å²) in [6.45, 7) is 2.59. The van der Waals surface area contributed by atoms with Crippen molar-refractivity contribution in [1.82, 2.24) is 0 Å². The Morgan fingerprint density at radius 2 is 1.60 bits per heavy atom. The molecule has 4 heteroatoms. The molecule has 0 aliphatic carbocycles. The molecule has 0 saturated carbocycles. The number of unbranched alkanes of at least 4 members (excludes halogenated alkanes) is 6. The van der Waals surface area contributed by atoms with E-state index in [1.54, 1.807) is 0 Å². The van der Waals surface area contributed by atoms with Crippen LogP contribution in [0.15, 0.2) is 30.3 Å². The SMILES string of the molecule is CCCCCCCCCOP(=O)(O)Cc1ccccc1. The Bertz CT molecular complexity index is 392. The molecule has 1 aromatic rings. The van der Waals surface area contributed by atoms with Gasteiger partial charge >= 0.3 is 7.60 Å². The quantitative estimate of drug-likeness (QED) is 0.454. The summed E-state index contributed by atoms with van der Waals surface area (Å²) in [5.74, 6) is 0. The monoisotopic (exact) mass is 298 g/mol. The molecule has 3 nitrogen and oxygen atoms in total. The minimum atomic E-state index is -3.48. The summed E-state index contributed by atoms with van der Waals surface area (Å²) in [4.78, 5) is 9.77. The topological polar surface area (TPSA) is 46.5 Å². The molecule has 1 aromatic carbocycles. The van der Waals surface area contributed by atoms with Crippen LogP contribution in [0, 0.1) is 0 Å². The van der Waals surface area contributed by atoms with Crippen LogP contribution in [0.2, 0.25) is 0 Å². The smallest absolute Gasteiger partial charge is 0.324 e. The molecule has 1 rings (SSSR count). The van der Waals surface area contributed by atoms with E-state index in [1.165, 1.54) is 32.1 Å². The summed E-state index contributed by atoms with van der Waals surface area (Å²) in [5, 5.41) is 0. The lowest BCUT2D eigenvalue weighted by Crippen LogP contribution is -1.96. The highest BCUT2D eigenvalue weighted by Crippen LogP contribution is 2.45. The van der Waals surface area contributed by atoms with Gasteiger partial charge in [-0.2, -0.15) is 0 Å². The first-order chi connectivity index (χ1) is 9.64. The molecule has 1 unspecified atom stereocenters. The fourth-order valence-electron chi connectivity index (χ4n) is 2.13. The molecule has 1 atom stereocenters. The maximum Gasteiger partial charge on any atom is 0.332 e. The number of benzene rings is 1. The summed E-state index contributed by atoms with van der Waals surface area (Å²) in [6.07, 6.45) is 8.36. The summed E-state index contributed by atoms with van der Waals surface area (Å²) < 4.78 is 17.1. The zero-order chi connectivity index (χ0) is 14.7. The lowest BCUT2D eigenvalue weighted by molar-refractivity contribution is 0.251. The van der Waals surface area contributed by atoms with E-state index >= 15 is 0 Å². The molecule has 0 spiro atoms. The molecule has 0 radical (unpaired) electrons. The van der Waals surface area contributed by atoms with Crippen LogP contribution in [0.5, 0.6) is 0 Å². The van der Waals surface area contributed by atoms with E-state index in [-0.39, 0.29) is 6.16 Å². The minimum absolute atomic E-state index is 0.102. The highest BCUT2D eigenvalue weighted by molar-refractivity contribution is 7.51. The molecule has 0 fully saturated rings. The van der Waals surface area contributed by atoms with Gasteiger partial charge in [-0.25, -0.2) is 0 Å². The van der Waals surface area contributed by atoms with Crippen LogP contribution >= 0.6 is 7.60 Å². The Balaban J connectivity index is 2.09. The van der Waals surface area contributed by atoms with Crippen molar-refractivity contribution in [2.75, 3.05) is 6.61 Å². The van der Waals surface area contributed by atoms with Crippen LogP contribution in [0.1, 0.15) is 57.4 Å². The van der Waals surface area contributed by atoms with E-state index in [0.29, 0.717) is 6.61 Å². The van der Waals surface area contributed by atoms with Crippen molar-refractivity contribution < 1.29 is 14.0 Å². The van der Waals surface area contributed by atoms with Crippen molar-refractivity contribution in [1.29, 1.82) is 0 Å². The second-order valence-corrected chi connectivity index (χ2v) is 7.09. The van der Waals surface area contributed by atoms with Gasteiger partial charge in [0.2, 0.25) is 0 Å². The first-order valence-electron chi connectivity index (χ1n) is 7.64. The van der Waals surface area contributed by atoms with Gasteiger partial charge in [0.1, 0.15) is 0 Å². The summed E-state index contributed by atoms with van der Waals surface area (Å²) in [6, 6.07) is 9.32. The fourth-order valence-corrected chi connectivity index (χ4v) is 3.30. The predicted molar refractivity (Wildman–Crippen MR) is 83.9 cm³/mol. The van der Waals surface area contributed by atoms with E-state index in [0.717, 1.165) is 18.4 Å². The van der Waals surface area contributed by atoms with Crippen molar-refractivity contribution in [3.63, 3.8) is 0 Å². The highest BCUT2D eigenvalue weighted by Gasteiger charge is 2.19.